The summed E-state index contributed by atoms with van der Waals surface area (Å²) < 4.78 is 5.32. The van der Waals surface area contributed by atoms with Gasteiger partial charge in [-0.2, -0.15) is 0 Å². The second-order valence-corrected chi connectivity index (χ2v) is 5.82. The van der Waals surface area contributed by atoms with Gasteiger partial charge in [-0.15, -0.1) is 0 Å². The van der Waals surface area contributed by atoms with Crippen molar-refractivity contribution in [2.75, 3.05) is 13.1 Å². The van der Waals surface area contributed by atoms with Crippen molar-refractivity contribution in [2.45, 2.75) is 45.3 Å². The third kappa shape index (κ3) is 2.09. The zero-order valence-corrected chi connectivity index (χ0v) is 9.75. The van der Waals surface area contributed by atoms with Gasteiger partial charge in [0.15, 0.2) is 0 Å². The topological polar surface area (TPSA) is 55.6 Å². The quantitative estimate of drug-likeness (QED) is 0.659. The number of amides is 1. The highest BCUT2D eigenvalue weighted by atomic mass is 16.6. The molecule has 2 atom stereocenters. The molecule has 0 aromatic rings. The minimum atomic E-state index is -0.404. The molecule has 1 saturated heterocycles. The summed E-state index contributed by atoms with van der Waals surface area (Å²) in [5, 5.41) is 0. The molecule has 2 aliphatic rings. The molecule has 86 valence electrons. The Morgan fingerprint density at radius 1 is 1.53 bits per heavy atom. The second-order valence-electron chi connectivity index (χ2n) is 5.82. The molecule has 0 aromatic carbocycles. The van der Waals surface area contributed by atoms with Gasteiger partial charge in [0.25, 0.3) is 0 Å². The van der Waals surface area contributed by atoms with Crippen molar-refractivity contribution < 1.29 is 9.53 Å². The van der Waals surface area contributed by atoms with Gasteiger partial charge in [0.1, 0.15) is 5.60 Å². The Kier molecular flexibility index (Phi) is 2.23. The molecule has 0 aromatic heterocycles. The third-order valence-corrected chi connectivity index (χ3v) is 3.29. The minimum Gasteiger partial charge on any atom is -0.444 e. The highest BCUT2D eigenvalue weighted by Gasteiger charge is 2.56. The van der Waals surface area contributed by atoms with Crippen molar-refractivity contribution in [3.63, 3.8) is 0 Å². The molecule has 0 radical (unpaired) electrons. The molecule has 0 bridgehead atoms. The zero-order chi connectivity index (χ0) is 11.3. The van der Waals surface area contributed by atoms with E-state index in [1.807, 2.05) is 20.8 Å². The van der Waals surface area contributed by atoms with Crippen LogP contribution in [0.3, 0.4) is 0 Å². The fraction of sp³-hybridized carbons (Fsp3) is 0.909. The Balaban J connectivity index is 1.89. The summed E-state index contributed by atoms with van der Waals surface area (Å²) in [7, 11) is 0. The van der Waals surface area contributed by atoms with E-state index < -0.39 is 5.60 Å². The number of ether oxygens (including phenoxy) is 1. The van der Waals surface area contributed by atoms with Crippen molar-refractivity contribution in [2.24, 2.45) is 11.1 Å². The summed E-state index contributed by atoms with van der Waals surface area (Å²) in [5.74, 6) is 0. The predicted molar refractivity (Wildman–Crippen MR) is 57.4 cm³/mol. The van der Waals surface area contributed by atoms with E-state index in [1.165, 1.54) is 0 Å². The van der Waals surface area contributed by atoms with Crippen LogP contribution in [0.15, 0.2) is 0 Å². The smallest absolute Gasteiger partial charge is 0.410 e. The fourth-order valence-electron chi connectivity index (χ4n) is 2.23. The van der Waals surface area contributed by atoms with Gasteiger partial charge >= 0.3 is 6.09 Å². The van der Waals surface area contributed by atoms with Gasteiger partial charge in [-0.3, -0.25) is 0 Å². The van der Waals surface area contributed by atoms with E-state index in [9.17, 15) is 4.79 Å². The molecule has 2 rings (SSSR count). The van der Waals surface area contributed by atoms with E-state index >= 15 is 0 Å². The molecule has 1 spiro atoms. The maximum absolute atomic E-state index is 11.7. The number of hydrogen-bond acceptors (Lipinski definition) is 3. The van der Waals surface area contributed by atoms with Crippen LogP contribution in [0.2, 0.25) is 0 Å². The molecule has 4 heteroatoms. The largest absolute Gasteiger partial charge is 0.444 e. The van der Waals surface area contributed by atoms with E-state index in [0.29, 0.717) is 6.04 Å². The van der Waals surface area contributed by atoms with E-state index in [-0.39, 0.29) is 11.5 Å². The number of rotatable bonds is 0. The summed E-state index contributed by atoms with van der Waals surface area (Å²) in [6, 6.07) is 0.296. The van der Waals surface area contributed by atoms with E-state index in [2.05, 4.69) is 0 Å². The van der Waals surface area contributed by atoms with Crippen molar-refractivity contribution in [3.05, 3.63) is 0 Å². The molecule has 1 saturated carbocycles. The Labute approximate surface area is 90.8 Å². The number of carbonyl (C=O) groups is 1. The number of nitrogens with zero attached hydrogens (tertiary/aromatic N) is 1. The van der Waals surface area contributed by atoms with E-state index in [4.69, 9.17) is 10.5 Å². The lowest BCUT2D eigenvalue weighted by molar-refractivity contribution is 0.0285. The lowest BCUT2D eigenvalue weighted by atomic mass is 10.1. The molecular weight excluding hydrogens is 192 g/mol. The number of nitrogens with two attached hydrogens (primary N) is 1. The molecule has 0 unspecified atom stereocenters. The van der Waals surface area contributed by atoms with Crippen molar-refractivity contribution in [3.8, 4) is 0 Å². The van der Waals surface area contributed by atoms with Crippen molar-refractivity contribution >= 4 is 6.09 Å². The van der Waals surface area contributed by atoms with Crippen LogP contribution in [0.5, 0.6) is 0 Å². The Hall–Kier alpha value is -0.770. The molecule has 4 nitrogen and oxygen atoms in total. The molecular formula is C11H20N2O2. The minimum absolute atomic E-state index is 0.196. The van der Waals surface area contributed by atoms with Crippen molar-refractivity contribution in [1.82, 2.24) is 4.90 Å². The van der Waals surface area contributed by atoms with E-state index in [0.717, 1.165) is 25.9 Å². The van der Waals surface area contributed by atoms with Gasteiger partial charge < -0.3 is 15.4 Å². The normalized spacial score (nSPS) is 34.7. The highest BCUT2D eigenvalue weighted by Crippen LogP contribution is 2.51. The molecule has 1 aliphatic heterocycles. The Bertz CT molecular complexity index is 285. The van der Waals surface area contributed by atoms with Crippen LogP contribution in [0.4, 0.5) is 4.79 Å². The average molecular weight is 212 g/mol. The zero-order valence-electron chi connectivity index (χ0n) is 9.75. The first-order valence-electron chi connectivity index (χ1n) is 5.56. The number of carbonyl (C=O) groups excluding carboxylic acids is 1. The summed E-state index contributed by atoms with van der Waals surface area (Å²) in [4.78, 5) is 13.5. The first-order valence-corrected chi connectivity index (χ1v) is 5.56. The van der Waals surface area contributed by atoms with Gasteiger partial charge in [-0.05, 0) is 33.6 Å². The molecule has 1 heterocycles. The van der Waals surface area contributed by atoms with Crippen LogP contribution in [-0.2, 0) is 4.74 Å². The Morgan fingerprint density at radius 3 is 2.53 bits per heavy atom. The first kappa shape index (κ1) is 10.7. The van der Waals surface area contributed by atoms with Gasteiger partial charge in [-0.25, -0.2) is 4.79 Å². The lowest BCUT2D eigenvalue weighted by Gasteiger charge is -2.24. The molecule has 1 aliphatic carbocycles. The fourth-order valence-corrected chi connectivity index (χ4v) is 2.23. The van der Waals surface area contributed by atoms with Crippen LogP contribution < -0.4 is 5.73 Å². The van der Waals surface area contributed by atoms with E-state index in [1.54, 1.807) is 4.90 Å². The molecule has 2 N–H and O–H groups in total. The summed E-state index contributed by atoms with van der Waals surface area (Å²) in [6.45, 7) is 7.24. The second kappa shape index (κ2) is 3.11. The monoisotopic (exact) mass is 212 g/mol. The van der Waals surface area contributed by atoms with Gasteiger partial charge in [-0.1, -0.05) is 0 Å². The maximum Gasteiger partial charge on any atom is 0.410 e. The van der Waals surface area contributed by atoms with Crippen molar-refractivity contribution in [1.29, 1.82) is 0 Å². The van der Waals surface area contributed by atoms with Crippen LogP contribution in [-0.4, -0.2) is 35.7 Å². The third-order valence-electron chi connectivity index (χ3n) is 3.29. The average Bonchev–Trinajstić information content (AvgIpc) is 2.55. The standard InChI is InChI=1S/C11H20N2O2/c1-10(2,3)15-9(14)13-5-4-11(7-13)6-8(11)12/h8H,4-7,12H2,1-3H3/t8-,11-/m1/s1. The summed E-state index contributed by atoms with van der Waals surface area (Å²) >= 11 is 0. The van der Waals surface area contributed by atoms with Crippen LogP contribution in [0.1, 0.15) is 33.6 Å². The lowest BCUT2D eigenvalue weighted by Crippen LogP contribution is -2.35. The summed E-state index contributed by atoms with van der Waals surface area (Å²) in [6.07, 6.45) is 1.90. The van der Waals surface area contributed by atoms with Crippen LogP contribution in [0, 0.1) is 5.41 Å². The van der Waals surface area contributed by atoms with Gasteiger partial charge in [0, 0.05) is 24.5 Å². The number of hydrogen-bond donors (Lipinski definition) is 1. The maximum atomic E-state index is 11.7. The van der Waals surface area contributed by atoms with Gasteiger partial charge in [0.2, 0.25) is 0 Å². The Morgan fingerprint density at radius 2 is 2.13 bits per heavy atom. The van der Waals surface area contributed by atoms with Gasteiger partial charge in [0.05, 0.1) is 0 Å². The summed E-state index contributed by atoms with van der Waals surface area (Å²) in [5.41, 5.74) is 5.70. The molecule has 15 heavy (non-hydrogen) atoms. The molecule has 2 fully saturated rings. The SMILES string of the molecule is CC(C)(C)OC(=O)N1CC[C@@]2(C[C@H]2N)C1. The van der Waals surface area contributed by atoms with Crippen LogP contribution in [0.25, 0.3) is 0 Å². The number of likely N-dealkylation sites (tertiary alicyclic amines) is 1. The van der Waals surface area contributed by atoms with Crippen LogP contribution >= 0.6 is 0 Å². The molecule has 1 amide bonds. The predicted octanol–water partition coefficient (Wildman–Crippen LogP) is 1.34. The highest BCUT2D eigenvalue weighted by molar-refractivity contribution is 5.68. The first-order chi connectivity index (χ1) is 6.82.